The normalized spacial score (nSPS) is 24.2. The number of likely N-dealkylation sites (tertiary alicyclic amines) is 1. The van der Waals surface area contributed by atoms with Crippen LogP contribution in [-0.2, 0) is 6.54 Å². The molecule has 0 aromatic heterocycles. The van der Waals surface area contributed by atoms with Crippen LogP contribution in [0.5, 0.6) is 11.5 Å². The van der Waals surface area contributed by atoms with Gasteiger partial charge in [-0.3, -0.25) is 4.90 Å². The summed E-state index contributed by atoms with van der Waals surface area (Å²) in [6.07, 6.45) is 2.13. The first-order chi connectivity index (χ1) is 9.15. The predicted molar refractivity (Wildman–Crippen MR) is 76.6 cm³/mol. The molecule has 0 saturated carbocycles. The van der Waals surface area contributed by atoms with Crippen molar-refractivity contribution in [2.45, 2.75) is 38.4 Å². The second-order valence-corrected chi connectivity index (χ2v) is 5.26. The summed E-state index contributed by atoms with van der Waals surface area (Å²) in [6.45, 7) is 4.17. The van der Waals surface area contributed by atoms with Crippen LogP contribution in [0, 0.1) is 0 Å². The predicted octanol–water partition coefficient (Wildman–Crippen LogP) is 2.02. The molecular weight excluding hydrogens is 240 g/mol. The molecule has 1 fully saturated rings. The van der Waals surface area contributed by atoms with E-state index >= 15 is 0 Å². The first kappa shape index (κ1) is 14.2. The Morgan fingerprint density at radius 1 is 1.32 bits per heavy atom. The molecule has 19 heavy (non-hydrogen) atoms. The van der Waals surface area contributed by atoms with E-state index in [0.29, 0.717) is 12.1 Å². The van der Waals surface area contributed by atoms with Crippen molar-refractivity contribution < 1.29 is 9.47 Å². The average Bonchev–Trinajstić information content (AvgIpc) is 2.41. The number of nitrogens with two attached hydrogens (primary N) is 1. The van der Waals surface area contributed by atoms with Crippen LogP contribution in [0.25, 0.3) is 0 Å². The van der Waals surface area contributed by atoms with E-state index in [1.807, 2.05) is 12.1 Å². The van der Waals surface area contributed by atoms with E-state index < -0.39 is 0 Å². The highest BCUT2D eigenvalue weighted by Crippen LogP contribution is 2.32. The molecule has 1 heterocycles. The number of para-hydroxylation sites is 1. The first-order valence-corrected chi connectivity index (χ1v) is 6.85. The van der Waals surface area contributed by atoms with Crippen LogP contribution >= 0.6 is 0 Å². The quantitative estimate of drug-likeness (QED) is 0.904. The Morgan fingerprint density at radius 2 is 2.11 bits per heavy atom. The van der Waals surface area contributed by atoms with Gasteiger partial charge in [-0.15, -0.1) is 0 Å². The van der Waals surface area contributed by atoms with E-state index in [2.05, 4.69) is 17.9 Å². The second kappa shape index (κ2) is 6.26. The van der Waals surface area contributed by atoms with Gasteiger partial charge in [0.1, 0.15) is 0 Å². The topological polar surface area (TPSA) is 47.7 Å². The maximum atomic E-state index is 6.01. The zero-order chi connectivity index (χ0) is 13.8. The third-order valence-electron chi connectivity index (χ3n) is 3.91. The van der Waals surface area contributed by atoms with Crippen molar-refractivity contribution in [3.8, 4) is 11.5 Å². The third kappa shape index (κ3) is 3.19. The van der Waals surface area contributed by atoms with Crippen LogP contribution in [0.1, 0.15) is 25.3 Å². The van der Waals surface area contributed by atoms with Gasteiger partial charge < -0.3 is 15.2 Å². The minimum atomic E-state index is 0.346. The Morgan fingerprint density at radius 3 is 2.74 bits per heavy atom. The molecule has 1 aliphatic heterocycles. The van der Waals surface area contributed by atoms with E-state index in [1.54, 1.807) is 14.2 Å². The van der Waals surface area contributed by atoms with Gasteiger partial charge in [0.2, 0.25) is 0 Å². The summed E-state index contributed by atoms with van der Waals surface area (Å²) < 4.78 is 10.8. The highest BCUT2D eigenvalue weighted by molar-refractivity contribution is 5.46. The van der Waals surface area contributed by atoms with E-state index in [9.17, 15) is 0 Å². The molecule has 0 spiro atoms. The molecule has 1 aliphatic rings. The van der Waals surface area contributed by atoms with Gasteiger partial charge in [0.25, 0.3) is 0 Å². The molecule has 2 atom stereocenters. The molecule has 106 valence electrons. The van der Waals surface area contributed by atoms with Crippen molar-refractivity contribution in [3.63, 3.8) is 0 Å². The Kier molecular flexibility index (Phi) is 4.66. The summed E-state index contributed by atoms with van der Waals surface area (Å²) in [5.74, 6) is 1.63. The number of hydrogen-bond acceptors (Lipinski definition) is 4. The second-order valence-electron chi connectivity index (χ2n) is 5.26. The summed E-state index contributed by atoms with van der Waals surface area (Å²) in [6, 6.07) is 6.90. The molecule has 1 aromatic rings. The highest BCUT2D eigenvalue weighted by Gasteiger charge is 2.24. The lowest BCUT2D eigenvalue weighted by molar-refractivity contribution is 0.138. The van der Waals surface area contributed by atoms with Crippen LogP contribution in [0.4, 0.5) is 0 Å². The van der Waals surface area contributed by atoms with E-state index in [0.717, 1.165) is 37.4 Å². The smallest absolute Gasteiger partial charge is 0.165 e. The van der Waals surface area contributed by atoms with Gasteiger partial charge in [0.15, 0.2) is 11.5 Å². The lowest BCUT2D eigenvalue weighted by Gasteiger charge is -2.36. The molecule has 4 nitrogen and oxygen atoms in total. The number of benzene rings is 1. The largest absolute Gasteiger partial charge is 0.493 e. The fourth-order valence-corrected chi connectivity index (χ4v) is 2.79. The lowest BCUT2D eigenvalue weighted by Crippen LogP contribution is -2.45. The number of ether oxygens (including phenoxy) is 2. The molecule has 2 unspecified atom stereocenters. The fourth-order valence-electron chi connectivity index (χ4n) is 2.79. The van der Waals surface area contributed by atoms with E-state index in [-0.39, 0.29) is 0 Å². The standard InChI is InChI=1S/C15H24N2O2/c1-11-9-13(16)7-8-17(11)10-12-5-4-6-14(18-2)15(12)19-3/h4-6,11,13H,7-10,16H2,1-3H3. The van der Waals surface area contributed by atoms with Gasteiger partial charge in [0, 0.05) is 30.7 Å². The van der Waals surface area contributed by atoms with E-state index in [4.69, 9.17) is 15.2 Å². The average molecular weight is 264 g/mol. The minimum Gasteiger partial charge on any atom is -0.493 e. The minimum absolute atomic E-state index is 0.346. The SMILES string of the molecule is COc1cccc(CN2CCC(N)CC2C)c1OC. The summed E-state index contributed by atoms with van der Waals surface area (Å²) in [5.41, 5.74) is 7.18. The molecular formula is C15H24N2O2. The zero-order valence-corrected chi connectivity index (χ0v) is 12.1. The molecule has 2 N–H and O–H groups in total. The molecule has 1 aromatic carbocycles. The van der Waals surface area contributed by atoms with Crippen LogP contribution in [0.15, 0.2) is 18.2 Å². The molecule has 1 saturated heterocycles. The molecule has 0 amide bonds. The van der Waals surface area contributed by atoms with Gasteiger partial charge in [0.05, 0.1) is 14.2 Å². The number of hydrogen-bond donors (Lipinski definition) is 1. The summed E-state index contributed by atoms with van der Waals surface area (Å²) in [4.78, 5) is 2.46. The summed E-state index contributed by atoms with van der Waals surface area (Å²) in [7, 11) is 3.36. The third-order valence-corrected chi connectivity index (χ3v) is 3.91. The number of rotatable bonds is 4. The van der Waals surface area contributed by atoms with Crippen LogP contribution in [0.3, 0.4) is 0 Å². The van der Waals surface area contributed by atoms with Crippen molar-refractivity contribution >= 4 is 0 Å². The van der Waals surface area contributed by atoms with Crippen molar-refractivity contribution in [1.29, 1.82) is 0 Å². The highest BCUT2D eigenvalue weighted by atomic mass is 16.5. The molecule has 0 aliphatic carbocycles. The molecule has 0 bridgehead atoms. The first-order valence-electron chi connectivity index (χ1n) is 6.85. The lowest BCUT2D eigenvalue weighted by atomic mass is 9.98. The van der Waals surface area contributed by atoms with E-state index in [1.165, 1.54) is 5.56 Å². The number of nitrogens with zero attached hydrogens (tertiary/aromatic N) is 1. The van der Waals surface area contributed by atoms with Crippen molar-refractivity contribution in [1.82, 2.24) is 4.90 Å². The van der Waals surface area contributed by atoms with Crippen molar-refractivity contribution in [2.75, 3.05) is 20.8 Å². The van der Waals surface area contributed by atoms with Crippen molar-refractivity contribution in [3.05, 3.63) is 23.8 Å². The van der Waals surface area contributed by atoms with Gasteiger partial charge in [-0.1, -0.05) is 12.1 Å². The molecule has 4 heteroatoms. The maximum Gasteiger partial charge on any atom is 0.165 e. The number of piperidine rings is 1. The molecule has 0 radical (unpaired) electrons. The van der Waals surface area contributed by atoms with Gasteiger partial charge in [-0.05, 0) is 25.8 Å². The van der Waals surface area contributed by atoms with Gasteiger partial charge in [-0.25, -0.2) is 0 Å². The fraction of sp³-hybridized carbons (Fsp3) is 0.600. The van der Waals surface area contributed by atoms with Gasteiger partial charge >= 0.3 is 0 Å². The number of methoxy groups -OCH3 is 2. The molecule has 2 rings (SSSR count). The Balaban J connectivity index is 2.14. The van der Waals surface area contributed by atoms with Gasteiger partial charge in [-0.2, -0.15) is 0 Å². The van der Waals surface area contributed by atoms with Crippen LogP contribution in [0.2, 0.25) is 0 Å². The Labute approximate surface area is 115 Å². The van der Waals surface area contributed by atoms with Crippen LogP contribution < -0.4 is 15.2 Å². The Bertz CT molecular complexity index is 423. The summed E-state index contributed by atoms with van der Waals surface area (Å²) in [5, 5.41) is 0. The summed E-state index contributed by atoms with van der Waals surface area (Å²) >= 11 is 0. The maximum absolute atomic E-state index is 6.01. The zero-order valence-electron chi connectivity index (χ0n) is 12.1. The van der Waals surface area contributed by atoms with Crippen molar-refractivity contribution in [2.24, 2.45) is 5.73 Å². The van der Waals surface area contributed by atoms with Crippen LogP contribution in [-0.4, -0.2) is 37.7 Å². The monoisotopic (exact) mass is 264 g/mol. The Hall–Kier alpha value is -1.26.